The second-order valence-electron chi connectivity index (χ2n) is 5.03. The lowest BCUT2D eigenvalue weighted by Gasteiger charge is -2.20. The largest absolute Gasteiger partial charge is 0.333 e. The van der Waals surface area contributed by atoms with Crippen molar-refractivity contribution in [1.29, 1.82) is 0 Å². The molecule has 4 nitrogen and oxygen atoms in total. The predicted molar refractivity (Wildman–Crippen MR) is 74.2 cm³/mol. The molecule has 1 aromatic carbocycles. The first kappa shape index (κ1) is 15.0. The second kappa shape index (κ2) is 6.21. The van der Waals surface area contributed by atoms with Gasteiger partial charge >= 0.3 is 6.03 Å². The van der Waals surface area contributed by atoms with Crippen LogP contribution in [0.15, 0.2) is 18.2 Å². The molecule has 1 rings (SSSR count). The van der Waals surface area contributed by atoms with Crippen LogP contribution in [0.3, 0.4) is 0 Å². The summed E-state index contributed by atoms with van der Waals surface area (Å²) in [7, 11) is 0. The first-order valence-electron chi connectivity index (χ1n) is 5.89. The molecule has 0 bridgehead atoms. The summed E-state index contributed by atoms with van der Waals surface area (Å²) in [5.41, 5.74) is 5.58. The van der Waals surface area contributed by atoms with E-state index in [0.717, 1.165) is 0 Å². The van der Waals surface area contributed by atoms with E-state index in [9.17, 15) is 9.18 Å². The SMILES string of the molecule is CC(C)(C)NC(=O)Nc1ccc(F)c(C#CCN)c1. The van der Waals surface area contributed by atoms with Crippen LogP contribution in [0.1, 0.15) is 26.3 Å². The van der Waals surface area contributed by atoms with Crippen LogP contribution in [-0.4, -0.2) is 18.1 Å². The topological polar surface area (TPSA) is 67.2 Å². The third kappa shape index (κ3) is 5.40. The van der Waals surface area contributed by atoms with Gasteiger partial charge in [0.2, 0.25) is 0 Å². The van der Waals surface area contributed by atoms with Gasteiger partial charge in [0.15, 0.2) is 0 Å². The zero-order valence-electron chi connectivity index (χ0n) is 11.3. The first-order valence-corrected chi connectivity index (χ1v) is 5.89. The van der Waals surface area contributed by atoms with E-state index in [4.69, 9.17) is 5.73 Å². The molecule has 1 aromatic rings. The fourth-order valence-corrected chi connectivity index (χ4v) is 1.35. The predicted octanol–water partition coefficient (Wildman–Crippen LogP) is 2.06. The molecule has 0 aliphatic carbocycles. The van der Waals surface area contributed by atoms with Gasteiger partial charge in [-0.3, -0.25) is 0 Å². The average molecular weight is 263 g/mol. The van der Waals surface area contributed by atoms with E-state index in [1.54, 1.807) is 0 Å². The van der Waals surface area contributed by atoms with Gasteiger partial charge in [-0.2, -0.15) is 0 Å². The van der Waals surface area contributed by atoms with E-state index < -0.39 is 5.82 Å². The van der Waals surface area contributed by atoms with Crippen LogP contribution in [0.25, 0.3) is 0 Å². The van der Waals surface area contributed by atoms with Gasteiger partial charge in [0.1, 0.15) is 5.82 Å². The number of amides is 2. The van der Waals surface area contributed by atoms with Crippen LogP contribution < -0.4 is 16.4 Å². The summed E-state index contributed by atoms with van der Waals surface area (Å²) in [6.07, 6.45) is 0. The standard InChI is InChI=1S/C14H18FN3O/c1-14(2,3)18-13(19)17-11-6-7-12(15)10(9-11)5-4-8-16/h6-7,9H,8,16H2,1-3H3,(H2,17,18,19). The number of benzene rings is 1. The maximum absolute atomic E-state index is 13.4. The molecule has 5 heteroatoms. The van der Waals surface area contributed by atoms with Crippen molar-refractivity contribution in [1.82, 2.24) is 5.32 Å². The third-order valence-corrected chi connectivity index (χ3v) is 2.04. The van der Waals surface area contributed by atoms with E-state index in [2.05, 4.69) is 22.5 Å². The van der Waals surface area contributed by atoms with Gasteiger partial charge in [-0.25, -0.2) is 9.18 Å². The van der Waals surface area contributed by atoms with Crippen LogP contribution in [0, 0.1) is 17.7 Å². The Labute approximate surface area is 112 Å². The van der Waals surface area contributed by atoms with E-state index in [-0.39, 0.29) is 23.7 Å². The molecule has 19 heavy (non-hydrogen) atoms. The van der Waals surface area contributed by atoms with E-state index in [1.807, 2.05) is 20.8 Å². The normalized spacial score (nSPS) is 10.4. The smallest absolute Gasteiger partial charge is 0.319 e. The molecular formula is C14H18FN3O. The molecule has 0 heterocycles. The fourth-order valence-electron chi connectivity index (χ4n) is 1.35. The summed E-state index contributed by atoms with van der Waals surface area (Å²) in [6.45, 7) is 5.77. The van der Waals surface area contributed by atoms with Crippen molar-refractivity contribution in [3.05, 3.63) is 29.6 Å². The molecule has 0 radical (unpaired) electrons. The number of carbonyl (C=O) groups excluding carboxylic acids is 1. The van der Waals surface area contributed by atoms with E-state index in [1.165, 1.54) is 18.2 Å². The minimum absolute atomic E-state index is 0.154. The Morgan fingerprint density at radius 2 is 2.11 bits per heavy atom. The Morgan fingerprint density at radius 3 is 2.68 bits per heavy atom. The summed E-state index contributed by atoms with van der Waals surface area (Å²) >= 11 is 0. The molecule has 0 aromatic heterocycles. The number of rotatable bonds is 1. The molecule has 102 valence electrons. The minimum atomic E-state index is -0.442. The third-order valence-electron chi connectivity index (χ3n) is 2.04. The number of urea groups is 1. The van der Waals surface area contributed by atoms with Crippen molar-refractivity contribution in [2.45, 2.75) is 26.3 Å². The Bertz CT molecular complexity index is 524. The number of nitrogens with one attached hydrogen (secondary N) is 2. The van der Waals surface area contributed by atoms with Gasteiger partial charge in [-0.1, -0.05) is 11.8 Å². The highest BCUT2D eigenvalue weighted by Gasteiger charge is 2.13. The van der Waals surface area contributed by atoms with Gasteiger partial charge in [-0.15, -0.1) is 0 Å². The highest BCUT2D eigenvalue weighted by molar-refractivity contribution is 5.89. The Kier molecular flexibility index (Phi) is 4.90. The van der Waals surface area contributed by atoms with Crippen molar-refractivity contribution in [2.75, 3.05) is 11.9 Å². The number of nitrogens with two attached hydrogens (primary N) is 1. The molecule has 0 saturated carbocycles. The zero-order valence-corrected chi connectivity index (χ0v) is 11.3. The van der Waals surface area contributed by atoms with E-state index in [0.29, 0.717) is 5.69 Å². The maximum atomic E-state index is 13.4. The minimum Gasteiger partial charge on any atom is -0.333 e. The highest BCUT2D eigenvalue weighted by atomic mass is 19.1. The lowest BCUT2D eigenvalue weighted by Crippen LogP contribution is -2.43. The zero-order chi connectivity index (χ0) is 14.5. The van der Waals surface area contributed by atoms with Crippen molar-refractivity contribution in [3.8, 4) is 11.8 Å². The number of carbonyl (C=O) groups is 1. The Balaban J connectivity index is 2.83. The van der Waals surface area contributed by atoms with Crippen LogP contribution in [0.4, 0.5) is 14.9 Å². The molecule has 2 amide bonds. The highest BCUT2D eigenvalue weighted by Crippen LogP contribution is 2.14. The average Bonchev–Trinajstić information content (AvgIpc) is 2.27. The van der Waals surface area contributed by atoms with Crippen molar-refractivity contribution < 1.29 is 9.18 Å². The summed E-state index contributed by atoms with van der Waals surface area (Å²) in [4.78, 5) is 11.7. The molecule has 0 spiro atoms. The van der Waals surface area contributed by atoms with Crippen molar-refractivity contribution in [3.63, 3.8) is 0 Å². The number of anilines is 1. The quantitative estimate of drug-likeness (QED) is 0.679. The van der Waals surface area contributed by atoms with Gasteiger partial charge in [0.05, 0.1) is 12.1 Å². The molecule has 0 atom stereocenters. The van der Waals surface area contributed by atoms with Gasteiger partial charge in [-0.05, 0) is 39.0 Å². The fraction of sp³-hybridized carbons (Fsp3) is 0.357. The maximum Gasteiger partial charge on any atom is 0.319 e. The Morgan fingerprint density at radius 1 is 1.42 bits per heavy atom. The first-order chi connectivity index (χ1) is 8.81. The summed E-state index contributed by atoms with van der Waals surface area (Å²) in [5, 5.41) is 5.37. The number of hydrogen-bond donors (Lipinski definition) is 3. The molecule has 0 saturated heterocycles. The lowest BCUT2D eigenvalue weighted by molar-refractivity contribution is 0.244. The summed E-state index contributed by atoms with van der Waals surface area (Å²) < 4.78 is 13.4. The van der Waals surface area contributed by atoms with Gasteiger partial charge in [0.25, 0.3) is 0 Å². The monoisotopic (exact) mass is 263 g/mol. The molecule has 0 fully saturated rings. The molecule has 0 unspecified atom stereocenters. The summed E-state index contributed by atoms with van der Waals surface area (Å²) in [6, 6.07) is 3.86. The number of halogens is 1. The summed E-state index contributed by atoms with van der Waals surface area (Å²) in [5.74, 6) is 4.74. The van der Waals surface area contributed by atoms with Crippen LogP contribution in [0.2, 0.25) is 0 Å². The second-order valence-corrected chi connectivity index (χ2v) is 5.03. The molecule has 4 N–H and O–H groups in total. The van der Waals surface area contributed by atoms with Crippen LogP contribution in [0.5, 0.6) is 0 Å². The van der Waals surface area contributed by atoms with Crippen LogP contribution in [-0.2, 0) is 0 Å². The van der Waals surface area contributed by atoms with Crippen molar-refractivity contribution in [2.24, 2.45) is 5.73 Å². The van der Waals surface area contributed by atoms with Gasteiger partial charge in [0, 0.05) is 11.2 Å². The Hall–Kier alpha value is -2.06. The van der Waals surface area contributed by atoms with Gasteiger partial charge < -0.3 is 16.4 Å². The number of hydrogen-bond acceptors (Lipinski definition) is 2. The lowest BCUT2D eigenvalue weighted by atomic mass is 10.1. The van der Waals surface area contributed by atoms with Crippen molar-refractivity contribution >= 4 is 11.7 Å². The van der Waals surface area contributed by atoms with Crippen LogP contribution >= 0.6 is 0 Å². The van der Waals surface area contributed by atoms with E-state index >= 15 is 0 Å². The molecular weight excluding hydrogens is 245 g/mol. The molecule has 0 aliphatic heterocycles. The molecule has 0 aliphatic rings.